The summed E-state index contributed by atoms with van der Waals surface area (Å²) in [6.07, 6.45) is 1.50. The Hall–Kier alpha value is 0.310. The van der Waals surface area contributed by atoms with Crippen LogP contribution in [0.1, 0.15) is 5.56 Å². The minimum absolute atomic E-state index is 0.200. The average Bonchev–Trinajstić information content (AvgIpc) is 2.01. The van der Waals surface area contributed by atoms with Crippen LogP contribution in [0.4, 0.5) is 0 Å². The van der Waals surface area contributed by atoms with Crippen LogP contribution < -0.4 is 0 Å². The van der Waals surface area contributed by atoms with Crippen LogP contribution in [0.15, 0.2) is 6.20 Å². The number of alkyl halides is 1. The van der Waals surface area contributed by atoms with Crippen molar-refractivity contribution in [1.82, 2.24) is 4.98 Å². The summed E-state index contributed by atoms with van der Waals surface area (Å²) in [6.45, 7) is 0. The largest absolute Gasteiger partial charge is 0.243 e. The first kappa shape index (κ1) is 9.40. The van der Waals surface area contributed by atoms with E-state index in [-0.39, 0.29) is 16.1 Å². The van der Waals surface area contributed by atoms with Crippen LogP contribution in [0.25, 0.3) is 0 Å². The molecule has 1 nitrogen and oxygen atoms in total. The molecule has 0 amide bonds. The van der Waals surface area contributed by atoms with E-state index in [9.17, 15) is 0 Å². The molecular formula is C6H3Cl4N. The third-order valence-corrected chi connectivity index (χ3v) is 2.70. The lowest BCUT2D eigenvalue weighted by molar-refractivity contribution is 1.25. The summed E-state index contributed by atoms with van der Waals surface area (Å²) in [5, 5.41) is 0.832. The Balaban J connectivity index is 3.25. The summed E-state index contributed by atoms with van der Waals surface area (Å²) in [4.78, 5) is 3.77. The van der Waals surface area contributed by atoms with Crippen LogP contribution in [-0.2, 0) is 5.88 Å². The molecule has 0 aromatic carbocycles. The molecule has 1 heterocycles. The monoisotopic (exact) mass is 229 g/mol. The van der Waals surface area contributed by atoms with Crippen LogP contribution in [0.2, 0.25) is 15.2 Å². The lowest BCUT2D eigenvalue weighted by Crippen LogP contribution is -1.85. The zero-order chi connectivity index (χ0) is 8.43. The summed E-state index contributed by atoms with van der Waals surface area (Å²) in [6, 6.07) is 0. The molecule has 1 aromatic rings. The van der Waals surface area contributed by atoms with E-state index in [2.05, 4.69) is 4.98 Å². The van der Waals surface area contributed by atoms with Gasteiger partial charge in [0.25, 0.3) is 0 Å². The van der Waals surface area contributed by atoms with Gasteiger partial charge in [-0.15, -0.1) is 11.6 Å². The van der Waals surface area contributed by atoms with Crippen LogP contribution >= 0.6 is 46.4 Å². The van der Waals surface area contributed by atoms with Crippen molar-refractivity contribution in [3.8, 4) is 0 Å². The van der Waals surface area contributed by atoms with E-state index in [1.807, 2.05) is 0 Å². The third-order valence-electron chi connectivity index (χ3n) is 1.13. The molecule has 0 aliphatic rings. The molecule has 0 saturated carbocycles. The lowest BCUT2D eigenvalue weighted by atomic mass is 10.3. The van der Waals surface area contributed by atoms with Crippen molar-refractivity contribution >= 4 is 46.4 Å². The van der Waals surface area contributed by atoms with E-state index in [4.69, 9.17) is 46.4 Å². The highest BCUT2D eigenvalue weighted by molar-refractivity contribution is 6.47. The van der Waals surface area contributed by atoms with Gasteiger partial charge in [-0.05, 0) is 0 Å². The maximum absolute atomic E-state index is 5.76. The van der Waals surface area contributed by atoms with E-state index >= 15 is 0 Å². The summed E-state index contributed by atoms with van der Waals surface area (Å²) in [5.41, 5.74) is 0.683. The molecule has 0 bridgehead atoms. The Kier molecular flexibility index (Phi) is 3.26. The number of rotatable bonds is 1. The second-order valence-corrected chi connectivity index (χ2v) is 3.22. The lowest BCUT2D eigenvalue weighted by Gasteiger charge is -2.01. The SMILES string of the molecule is ClCc1cnc(Cl)c(Cl)c1Cl. The minimum atomic E-state index is 0.200. The molecule has 60 valence electrons. The molecule has 0 unspecified atom stereocenters. The molecule has 0 saturated heterocycles. The van der Waals surface area contributed by atoms with Crippen molar-refractivity contribution < 1.29 is 0 Å². The van der Waals surface area contributed by atoms with Crippen molar-refractivity contribution in [3.05, 3.63) is 27.0 Å². The third kappa shape index (κ3) is 1.91. The van der Waals surface area contributed by atoms with Crippen LogP contribution in [0, 0.1) is 0 Å². The number of aromatic nitrogens is 1. The van der Waals surface area contributed by atoms with E-state index in [0.717, 1.165) is 0 Å². The molecule has 1 aromatic heterocycles. The van der Waals surface area contributed by atoms with Gasteiger partial charge in [0.1, 0.15) is 5.15 Å². The van der Waals surface area contributed by atoms with Crippen molar-refractivity contribution in [3.63, 3.8) is 0 Å². The predicted molar refractivity (Wildman–Crippen MR) is 48.8 cm³/mol. The van der Waals surface area contributed by atoms with Gasteiger partial charge < -0.3 is 0 Å². The van der Waals surface area contributed by atoms with Gasteiger partial charge >= 0.3 is 0 Å². The van der Waals surface area contributed by atoms with E-state index in [1.54, 1.807) is 0 Å². The van der Waals surface area contributed by atoms with Crippen molar-refractivity contribution in [2.45, 2.75) is 5.88 Å². The van der Waals surface area contributed by atoms with Gasteiger partial charge in [0.15, 0.2) is 0 Å². The Morgan fingerprint density at radius 1 is 1.18 bits per heavy atom. The number of hydrogen-bond donors (Lipinski definition) is 0. The molecule has 0 atom stereocenters. The predicted octanol–water partition coefficient (Wildman–Crippen LogP) is 3.78. The molecule has 11 heavy (non-hydrogen) atoms. The number of nitrogens with zero attached hydrogens (tertiary/aromatic N) is 1. The number of pyridine rings is 1. The second-order valence-electron chi connectivity index (χ2n) is 1.84. The molecule has 0 spiro atoms. The van der Waals surface area contributed by atoms with Crippen LogP contribution in [-0.4, -0.2) is 4.98 Å². The van der Waals surface area contributed by atoms with Gasteiger partial charge in [-0.3, -0.25) is 0 Å². The normalized spacial score (nSPS) is 10.2. The molecule has 5 heteroatoms. The first-order valence-corrected chi connectivity index (χ1v) is 4.38. The fourth-order valence-electron chi connectivity index (χ4n) is 0.573. The fraction of sp³-hybridized carbons (Fsp3) is 0.167. The summed E-state index contributed by atoms with van der Waals surface area (Å²) >= 11 is 22.5. The Morgan fingerprint density at radius 3 is 2.36 bits per heavy atom. The van der Waals surface area contributed by atoms with Gasteiger partial charge in [0.05, 0.1) is 15.9 Å². The topological polar surface area (TPSA) is 12.9 Å². The van der Waals surface area contributed by atoms with Crippen molar-refractivity contribution in [2.75, 3.05) is 0 Å². The van der Waals surface area contributed by atoms with E-state index < -0.39 is 0 Å². The Bertz CT molecular complexity index is 274. The first-order valence-electron chi connectivity index (χ1n) is 2.71. The summed E-state index contributed by atoms with van der Waals surface area (Å²) < 4.78 is 0. The first-order chi connectivity index (χ1) is 5.16. The van der Waals surface area contributed by atoms with E-state index in [0.29, 0.717) is 10.6 Å². The number of halogens is 4. The maximum Gasteiger partial charge on any atom is 0.149 e. The molecule has 0 aliphatic heterocycles. The maximum atomic E-state index is 5.76. The zero-order valence-corrected chi connectivity index (χ0v) is 8.27. The van der Waals surface area contributed by atoms with Crippen molar-refractivity contribution in [2.24, 2.45) is 0 Å². The average molecular weight is 231 g/mol. The highest BCUT2D eigenvalue weighted by Gasteiger charge is 2.08. The molecule has 0 radical (unpaired) electrons. The van der Waals surface area contributed by atoms with Crippen LogP contribution in [0.3, 0.4) is 0 Å². The Morgan fingerprint density at radius 2 is 1.82 bits per heavy atom. The highest BCUT2D eigenvalue weighted by atomic mass is 35.5. The van der Waals surface area contributed by atoms with Crippen LogP contribution in [0.5, 0.6) is 0 Å². The summed E-state index contributed by atoms with van der Waals surface area (Å²) in [5.74, 6) is 0.280. The van der Waals surface area contributed by atoms with Gasteiger partial charge in [-0.2, -0.15) is 0 Å². The molecule has 0 aliphatic carbocycles. The second kappa shape index (κ2) is 3.81. The molecule has 1 rings (SSSR count). The van der Waals surface area contributed by atoms with Gasteiger partial charge in [-0.25, -0.2) is 4.98 Å². The minimum Gasteiger partial charge on any atom is -0.243 e. The number of hydrogen-bond acceptors (Lipinski definition) is 1. The van der Waals surface area contributed by atoms with Gasteiger partial charge in [0, 0.05) is 11.8 Å². The van der Waals surface area contributed by atoms with Crippen molar-refractivity contribution in [1.29, 1.82) is 0 Å². The van der Waals surface area contributed by atoms with Gasteiger partial charge in [-0.1, -0.05) is 34.8 Å². The quantitative estimate of drug-likeness (QED) is 0.529. The molecule has 0 N–H and O–H groups in total. The smallest absolute Gasteiger partial charge is 0.149 e. The molecular weight excluding hydrogens is 228 g/mol. The zero-order valence-electron chi connectivity index (χ0n) is 5.24. The van der Waals surface area contributed by atoms with E-state index in [1.165, 1.54) is 6.20 Å². The molecule has 0 fully saturated rings. The van der Waals surface area contributed by atoms with Gasteiger partial charge in [0.2, 0.25) is 0 Å². The summed E-state index contributed by atoms with van der Waals surface area (Å²) in [7, 11) is 0. The standard InChI is InChI=1S/C6H3Cl4N/c7-1-3-2-11-6(10)5(9)4(3)8/h2H,1H2. The Labute approximate surface area is 84.2 Å². The fourth-order valence-corrected chi connectivity index (χ4v) is 1.41. The highest BCUT2D eigenvalue weighted by Crippen LogP contribution is 2.31.